The normalized spacial score (nSPS) is 19.7. The van der Waals surface area contributed by atoms with Crippen molar-refractivity contribution >= 4 is 16.9 Å². The second-order valence-electron chi connectivity index (χ2n) is 13.5. The number of benzene rings is 2. The number of rotatable bonds is 8. The fourth-order valence-corrected chi connectivity index (χ4v) is 7.41. The van der Waals surface area contributed by atoms with Gasteiger partial charge >= 0.3 is 6.18 Å². The lowest BCUT2D eigenvalue weighted by molar-refractivity contribution is -0.143. The SMILES string of the molecule is COc1ccc(-n2ccc3c(=O)n(CC4(O)CCN(C(=O)[C@@H]5CCN(Cc6ccc(C(F)(F)F)nc6)C[C@H]5c5ccccc5)CC4)cnc32)cc1. The Morgan fingerprint density at radius 2 is 1.73 bits per heavy atom. The van der Waals surface area contributed by atoms with Gasteiger partial charge in [0.15, 0.2) is 5.65 Å². The number of piperidine rings is 2. The topological polar surface area (TPSA) is 106 Å². The van der Waals surface area contributed by atoms with Crippen LogP contribution in [0.5, 0.6) is 5.75 Å². The van der Waals surface area contributed by atoms with E-state index in [0.29, 0.717) is 68.6 Å². The maximum absolute atomic E-state index is 14.1. The molecule has 7 rings (SSSR count). The second-order valence-corrected chi connectivity index (χ2v) is 13.5. The highest BCUT2D eigenvalue weighted by Crippen LogP contribution is 2.36. The van der Waals surface area contributed by atoms with Crippen LogP contribution >= 0.6 is 0 Å². The van der Waals surface area contributed by atoms with Crippen LogP contribution in [-0.4, -0.2) is 78.8 Å². The maximum Gasteiger partial charge on any atom is 0.433 e. The quantitative estimate of drug-likeness (QED) is 0.235. The van der Waals surface area contributed by atoms with Gasteiger partial charge in [-0.05, 0) is 73.3 Å². The Hall–Kier alpha value is -5.01. The fraction of sp³-hybridized carbons (Fsp3) is 0.368. The van der Waals surface area contributed by atoms with E-state index in [4.69, 9.17) is 4.74 Å². The van der Waals surface area contributed by atoms with Crippen LogP contribution in [0.25, 0.3) is 16.7 Å². The summed E-state index contributed by atoms with van der Waals surface area (Å²) in [6.07, 6.45) is 1.26. The molecule has 266 valence electrons. The molecule has 5 heterocycles. The third-order valence-corrected chi connectivity index (χ3v) is 10.3. The number of ether oxygens (including phenoxy) is 1. The second kappa shape index (κ2) is 14.0. The van der Waals surface area contributed by atoms with E-state index in [9.17, 15) is 27.9 Å². The molecular formula is C38H39F3N6O4. The Bertz CT molecular complexity index is 2040. The highest BCUT2D eigenvalue weighted by molar-refractivity contribution is 5.80. The zero-order valence-electron chi connectivity index (χ0n) is 28.2. The number of aromatic nitrogens is 4. The molecular weight excluding hydrogens is 661 g/mol. The number of halogens is 3. The minimum absolute atomic E-state index is 0.0295. The molecule has 2 fully saturated rings. The van der Waals surface area contributed by atoms with Crippen molar-refractivity contribution in [3.63, 3.8) is 0 Å². The smallest absolute Gasteiger partial charge is 0.433 e. The van der Waals surface area contributed by atoms with Gasteiger partial charge in [0.1, 0.15) is 17.8 Å². The number of methoxy groups -OCH3 is 1. The number of aliphatic hydroxyl groups is 1. The molecule has 51 heavy (non-hydrogen) atoms. The summed E-state index contributed by atoms with van der Waals surface area (Å²) in [6, 6.07) is 21.5. The van der Waals surface area contributed by atoms with Crippen LogP contribution in [0.1, 0.15) is 42.0 Å². The number of pyridine rings is 1. The maximum atomic E-state index is 14.1. The summed E-state index contributed by atoms with van der Waals surface area (Å²) in [5.74, 6) is 0.351. The van der Waals surface area contributed by atoms with Crippen LogP contribution in [-0.2, 0) is 24.1 Å². The lowest BCUT2D eigenvalue weighted by atomic mass is 9.79. The van der Waals surface area contributed by atoms with E-state index in [2.05, 4.69) is 14.9 Å². The van der Waals surface area contributed by atoms with E-state index < -0.39 is 17.5 Å². The summed E-state index contributed by atoms with van der Waals surface area (Å²) < 4.78 is 47.6. The average Bonchev–Trinajstić information content (AvgIpc) is 3.58. The van der Waals surface area contributed by atoms with Crippen LogP contribution in [0.3, 0.4) is 0 Å². The number of carbonyl (C=O) groups is 1. The summed E-state index contributed by atoms with van der Waals surface area (Å²) in [5.41, 5.74) is 0.708. The molecule has 0 unspecified atom stereocenters. The molecule has 2 atom stereocenters. The van der Waals surface area contributed by atoms with Crippen molar-refractivity contribution in [1.82, 2.24) is 28.9 Å². The minimum Gasteiger partial charge on any atom is -0.497 e. The highest BCUT2D eigenvalue weighted by Gasteiger charge is 2.41. The van der Waals surface area contributed by atoms with Crippen LogP contribution < -0.4 is 10.3 Å². The lowest BCUT2D eigenvalue weighted by Crippen LogP contribution is -2.53. The summed E-state index contributed by atoms with van der Waals surface area (Å²) in [4.78, 5) is 39.8. The van der Waals surface area contributed by atoms with Gasteiger partial charge in [0.25, 0.3) is 5.56 Å². The number of alkyl halides is 3. The summed E-state index contributed by atoms with van der Waals surface area (Å²) in [5, 5.41) is 12.1. The number of hydrogen-bond acceptors (Lipinski definition) is 7. The van der Waals surface area contributed by atoms with E-state index in [1.54, 1.807) is 19.4 Å². The van der Waals surface area contributed by atoms with Gasteiger partial charge in [0, 0.05) is 56.1 Å². The summed E-state index contributed by atoms with van der Waals surface area (Å²) >= 11 is 0. The summed E-state index contributed by atoms with van der Waals surface area (Å²) in [6.45, 7) is 2.38. The first-order chi connectivity index (χ1) is 24.5. The molecule has 0 radical (unpaired) electrons. The Kier molecular flexibility index (Phi) is 9.42. The number of fused-ring (bicyclic) bond motifs is 1. The predicted molar refractivity (Wildman–Crippen MR) is 184 cm³/mol. The zero-order chi connectivity index (χ0) is 35.8. The first kappa shape index (κ1) is 34.4. The Labute approximate surface area is 292 Å². The van der Waals surface area contributed by atoms with Crippen molar-refractivity contribution in [2.75, 3.05) is 33.3 Å². The lowest BCUT2D eigenvalue weighted by Gasteiger charge is -2.43. The molecule has 2 aliphatic rings. The molecule has 13 heteroatoms. The molecule has 2 saturated heterocycles. The van der Waals surface area contributed by atoms with Crippen LogP contribution in [0.2, 0.25) is 0 Å². The number of hydrogen-bond donors (Lipinski definition) is 1. The number of carbonyl (C=O) groups excluding carboxylic acids is 1. The average molecular weight is 701 g/mol. The molecule has 5 aromatic rings. The number of likely N-dealkylation sites (tertiary alicyclic amines) is 2. The van der Waals surface area contributed by atoms with Crippen molar-refractivity contribution in [3.8, 4) is 11.4 Å². The molecule has 0 saturated carbocycles. The summed E-state index contributed by atoms with van der Waals surface area (Å²) in [7, 11) is 1.60. The van der Waals surface area contributed by atoms with Crippen molar-refractivity contribution in [2.45, 2.75) is 50.0 Å². The molecule has 0 aliphatic carbocycles. The van der Waals surface area contributed by atoms with E-state index in [0.717, 1.165) is 23.1 Å². The molecule has 1 amide bonds. The van der Waals surface area contributed by atoms with Gasteiger partial charge in [-0.2, -0.15) is 13.2 Å². The molecule has 3 aromatic heterocycles. The van der Waals surface area contributed by atoms with Crippen molar-refractivity contribution in [2.24, 2.45) is 5.92 Å². The monoisotopic (exact) mass is 700 g/mol. The van der Waals surface area contributed by atoms with Crippen molar-refractivity contribution < 1.29 is 27.8 Å². The highest BCUT2D eigenvalue weighted by atomic mass is 19.4. The number of nitrogens with zero attached hydrogens (tertiary/aromatic N) is 6. The van der Waals surface area contributed by atoms with Gasteiger partial charge in [0.05, 0.1) is 24.6 Å². The first-order valence-electron chi connectivity index (χ1n) is 17.0. The molecule has 2 aromatic carbocycles. The largest absolute Gasteiger partial charge is 0.497 e. The Morgan fingerprint density at radius 3 is 2.39 bits per heavy atom. The van der Waals surface area contributed by atoms with Crippen LogP contribution in [0.4, 0.5) is 13.2 Å². The molecule has 0 bridgehead atoms. The number of amides is 1. The zero-order valence-corrected chi connectivity index (χ0v) is 28.2. The van der Waals surface area contributed by atoms with Crippen LogP contribution in [0.15, 0.2) is 96.3 Å². The molecule has 10 nitrogen and oxygen atoms in total. The van der Waals surface area contributed by atoms with Crippen molar-refractivity contribution in [1.29, 1.82) is 0 Å². The Morgan fingerprint density at radius 1 is 0.980 bits per heavy atom. The Balaban J connectivity index is 1.01. The van der Waals surface area contributed by atoms with Crippen molar-refractivity contribution in [3.05, 3.63) is 119 Å². The van der Waals surface area contributed by atoms with E-state index in [1.165, 1.54) is 23.2 Å². The van der Waals surface area contributed by atoms with E-state index in [1.807, 2.05) is 64.1 Å². The fourth-order valence-electron chi connectivity index (χ4n) is 7.41. The molecule has 2 aliphatic heterocycles. The van der Waals surface area contributed by atoms with Gasteiger partial charge in [-0.15, -0.1) is 0 Å². The van der Waals surface area contributed by atoms with Gasteiger partial charge in [-0.1, -0.05) is 36.4 Å². The molecule has 0 spiro atoms. The van der Waals surface area contributed by atoms with Gasteiger partial charge in [-0.25, -0.2) is 4.98 Å². The van der Waals surface area contributed by atoms with E-state index in [-0.39, 0.29) is 29.8 Å². The third kappa shape index (κ3) is 7.26. The third-order valence-electron chi connectivity index (χ3n) is 10.3. The first-order valence-corrected chi connectivity index (χ1v) is 17.0. The van der Waals surface area contributed by atoms with Gasteiger partial charge < -0.3 is 19.3 Å². The van der Waals surface area contributed by atoms with Crippen LogP contribution in [0, 0.1) is 5.92 Å². The minimum atomic E-state index is -4.49. The molecule has 1 N–H and O–H groups in total. The van der Waals surface area contributed by atoms with Gasteiger partial charge in [-0.3, -0.25) is 24.0 Å². The predicted octanol–water partition coefficient (Wildman–Crippen LogP) is 5.27. The standard InChI is InChI=1S/C38H39F3N6O4/c1-51-29-10-8-28(9-11-29)47-18-14-31-34(47)43-25-46(36(31)49)24-37(50)15-19-45(20-16-37)35(48)30-13-17-44(23-32(30)27-5-3-2-4-6-27)22-26-7-12-33(42-21-26)38(39,40)41/h2-12,14,18,21,25,30,32,50H,13,15-17,19-20,22-24H2,1H3/t30-,32+/m1/s1. The van der Waals surface area contributed by atoms with Gasteiger partial charge in [0.2, 0.25) is 5.91 Å². The van der Waals surface area contributed by atoms with E-state index >= 15 is 0 Å².